The van der Waals surface area contributed by atoms with Gasteiger partial charge < -0.3 is 14.6 Å². The smallest absolute Gasteiger partial charge is 0.310 e. The summed E-state index contributed by atoms with van der Waals surface area (Å²) in [6.07, 6.45) is 8.93. The number of fused-ring (bicyclic) bond motifs is 3. The molecule has 0 aromatic rings. The average molecular weight is 433 g/mol. The van der Waals surface area contributed by atoms with E-state index in [0.29, 0.717) is 17.8 Å². The van der Waals surface area contributed by atoms with Crippen LogP contribution in [-0.4, -0.2) is 34.7 Å². The summed E-state index contributed by atoms with van der Waals surface area (Å²) in [5.41, 5.74) is -0.341. The molecule has 31 heavy (non-hydrogen) atoms. The van der Waals surface area contributed by atoms with Crippen LogP contribution in [-0.2, 0) is 23.9 Å². The molecule has 9 atom stereocenters. The molecule has 1 saturated heterocycles. The van der Waals surface area contributed by atoms with Crippen LogP contribution in [0.1, 0.15) is 85.0 Å². The van der Waals surface area contributed by atoms with Crippen molar-refractivity contribution in [1.82, 2.24) is 0 Å². The normalized spacial score (nSPS) is 50.5. The number of carbonyl (C=O) groups is 3. The van der Waals surface area contributed by atoms with Crippen molar-refractivity contribution in [2.45, 2.75) is 96.7 Å². The lowest BCUT2D eigenvalue weighted by Gasteiger charge is -2.66. The fourth-order valence-electron chi connectivity index (χ4n) is 9.26. The van der Waals surface area contributed by atoms with Gasteiger partial charge in [-0.25, -0.2) is 0 Å². The van der Waals surface area contributed by atoms with Gasteiger partial charge in [0.05, 0.1) is 12.3 Å². The number of carboxylic acids is 1. The van der Waals surface area contributed by atoms with Crippen molar-refractivity contribution < 1.29 is 29.0 Å². The molecule has 1 N–H and O–H groups in total. The van der Waals surface area contributed by atoms with E-state index in [0.717, 1.165) is 57.8 Å². The van der Waals surface area contributed by atoms with Crippen molar-refractivity contribution in [3.63, 3.8) is 0 Å². The van der Waals surface area contributed by atoms with E-state index in [1.165, 1.54) is 6.92 Å². The first-order chi connectivity index (χ1) is 14.6. The summed E-state index contributed by atoms with van der Waals surface area (Å²) in [5, 5.41) is 9.38. The van der Waals surface area contributed by atoms with Gasteiger partial charge in [0.1, 0.15) is 11.7 Å². The van der Waals surface area contributed by atoms with Crippen LogP contribution in [0.15, 0.2) is 0 Å². The summed E-state index contributed by atoms with van der Waals surface area (Å²) in [6.45, 7) is 6.22. The van der Waals surface area contributed by atoms with Crippen LogP contribution >= 0.6 is 0 Å². The Morgan fingerprint density at radius 3 is 2.48 bits per heavy atom. The Labute approximate surface area is 184 Å². The van der Waals surface area contributed by atoms with Crippen molar-refractivity contribution in [2.75, 3.05) is 0 Å². The highest BCUT2D eigenvalue weighted by Gasteiger charge is 2.73. The maximum absolute atomic E-state index is 13.0. The van der Waals surface area contributed by atoms with Gasteiger partial charge in [-0.3, -0.25) is 14.4 Å². The van der Waals surface area contributed by atoms with Crippen molar-refractivity contribution in [2.24, 2.45) is 40.4 Å². The molecular weight excluding hydrogens is 396 g/mol. The molecule has 0 aromatic heterocycles. The Kier molecular flexibility index (Phi) is 4.77. The first-order valence-electron chi connectivity index (χ1n) is 12.2. The SMILES string of the molecule is CC(=O)O[C@@H]1CC[C@@]2(C)[C@H](CC[C@@H]3[C@@H]2CC[C@]2(C)[C@@H]4CC[C@@]32OC(=O)[C@H]4CC(=O)O)C1. The van der Waals surface area contributed by atoms with Crippen LogP contribution in [0, 0.1) is 40.4 Å². The second kappa shape index (κ2) is 6.95. The summed E-state index contributed by atoms with van der Waals surface area (Å²) >= 11 is 0. The highest BCUT2D eigenvalue weighted by atomic mass is 16.6. The zero-order chi connectivity index (χ0) is 22.2. The minimum absolute atomic E-state index is 0.0410. The van der Waals surface area contributed by atoms with Crippen LogP contribution in [0.3, 0.4) is 0 Å². The van der Waals surface area contributed by atoms with Crippen molar-refractivity contribution in [3.05, 3.63) is 0 Å². The predicted octanol–water partition coefficient (Wildman–Crippen LogP) is 4.35. The minimum atomic E-state index is -0.906. The van der Waals surface area contributed by atoms with E-state index in [4.69, 9.17) is 9.47 Å². The molecular formula is C25H36O6. The quantitative estimate of drug-likeness (QED) is 0.667. The summed E-state index contributed by atoms with van der Waals surface area (Å²) < 4.78 is 12.0. The lowest BCUT2D eigenvalue weighted by atomic mass is 9.42. The van der Waals surface area contributed by atoms with Gasteiger partial charge in [-0.1, -0.05) is 13.8 Å². The molecule has 2 bridgehead atoms. The molecule has 0 aromatic carbocycles. The molecule has 1 aliphatic heterocycles. The number of rotatable bonds is 3. The van der Waals surface area contributed by atoms with Gasteiger partial charge in [-0.2, -0.15) is 0 Å². The third-order valence-electron chi connectivity index (χ3n) is 10.6. The number of carbonyl (C=O) groups excluding carboxylic acids is 2. The maximum atomic E-state index is 13.0. The first kappa shape index (κ1) is 21.3. The van der Waals surface area contributed by atoms with Gasteiger partial charge >= 0.3 is 17.9 Å². The van der Waals surface area contributed by atoms with Crippen LogP contribution < -0.4 is 0 Å². The highest BCUT2D eigenvalue weighted by Crippen LogP contribution is 2.72. The predicted molar refractivity (Wildman–Crippen MR) is 112 cm³/mol. The molecule has 4 saturated carbocycles. The third kappa shape index (κ3) is 2.85. The molecule has 4 aliphatic carbocycles. The molecule has 5 rings (SSSR count). The lowest BCUT2D eigenvalue weighted by Crippen LogP contribution is -2.66. The Bertz CT molecular complexity index is 808. The Hall–Kier alpha value is -1.59. The minimum Gasteiger partial charge on any atom is -0.481 e. The Morgan fingerprint density at radius 2 is 1.77 bits per heavy atom. The molecule has 172 valence electrons. The van der Waals surface area contributed by atoms with Gasteiger partial charge in [-0.15, -0.1) is 0 Å². The third-order valence-corrected chi connectivity index (χ3v) is 10.6. The fourth-order valence-corrected chi connectivity index (χ4v) is 9.26. The number of ether oxygens (including phenoxy) is 2. The molecule has 0 spiro atoms. The molecule has 6 heteroatoms. The van der Waals surface area contributed by atoms with Gasteiger partial charge in [0, 0.05) is 18.3 Å². The summed E-state index contributed by atoms with van der Waals surface area (Å²) in [5.74, 6) is -0.319. The number of carboxylic acid groups (broad SMARTS) is 1. The Balaban J connectivity index is 1.43. The largest absolute Gasteiger partial charge is 0.481 e. The molecule has 5 fully saturated rings. The van der Waals surface area contributed by atoms with Gasteiger partial charge in [0.15, 0.2) is 0 Å². The summed E-state index contributed by atoms with van der Waals surface area (Å²) in [6, 6.07) is 0. The molecule has 0 unspecified atom stereocenters. The highest BCUT2D eigenvalue weighted by molar-refractivity contribution is 5.81. The number of esters is 2. The maximum Gasteiger partial charge on any atom is 0.310 e. The first-order valence-corrected chi connectivity index (χ1v) is 12.2. The van der Waals surface area contributed by atoms with E-state index in [1.54, 1.807) is 0 Å². The summed E-state index contributed by atoms with van der Waals surface area (Å²) in [7, 11) is 0. The zero-order valence-electron chi connectivity index (χ0n) is 19.0. The van der Waals surface area contributed by atoms with Crippen LogP contribution in [0.25, 0.3) is 0 Å². The average Bonchev–Trinajstić information content (AvgIpc) is 2.89. The topological polar surface area (TPSA) is 89.9 Å². The van der Waals surface area contributed by atoms with Gasteiger partial charge in [0.25, 0.3) is 0 Å². The van der Waals surface area contributed by atoms with E-state index < -0.39 is 17.5 Å². The molecule has 0 amide bonds. The van der Waals surface area contributed by atoms with Gasteiger partial charge in [0.2, 0.25) is 0 Å². The molecule has 5 aliphatic rings. The number of hydrogen-bond donors (Lipinski definition) is 1. The standard InChI is InChI=1S/C25H36O6/c1-14(26)30-16-6-9-23(2)15(12-16)4-5-20-19(23)7-10-24(3)18-8-11-25(20,24)31-22(29)17(18)13-21(27)28/h15-20H,4-13H2,1-3H3,(H,27,28)/t15-,16-,17+,18-,19+,20-,23+,24-,25-/m1/s1. The van der Waals surface area contributed by atoms with Crippen LogP contribution in [0.5, 0.6) is 0 Å². The zero-order valence-corrected chi connectivity index (χ0v) is 19.0. The fraction of sp³-hybridized carbons (Fsp3) is 0.880. The van der Waals surface area contributed by atoms with Crippen molar-refractivity contribution in [1.29, 1.82) is 0 Å². The Morgan fingerprint density at radius 1 is 1.03 bits per heavy atom. The van der Waals surface area contributed by atoms with E-state index in [9.17, 15) is 19.5 Å². The number of aliphatic carboxylic acids is 1. The van der Waals surface area contributed by atoms with E-state index >= 15 is 0 Å². The van der Waals surface area contributed by atoms with E-state index in [2.05, 4.69) is 13.8 Å². The van der Waals surface area contributed by atoms with Crippen molar-refractivity contribution >= 4 is 17.9 Å². The number of hydrogen-bond acceptors (Lipinski definition) is 5. The lowest BCUT2D eigenvalue weighted by molar-refractivity contribution is -0.254. The monoisotopic (exact) mass is 432 g/mol. The molecule has 6 nitrogen and oxygen atoms in total. The molecule has 0 radical (unpaired) electrons. The second-order valence-corrected chi connectivity index (χ2v) is 11.6. The summed E-state index contributed by atoms with van der Waals surface area (Å²) in [4.78, 5) is 35.9. The van der Waals surface area contributed by atoms with Crippen molar-refractivity contribution in [3.8, 4) is 0 Å². The molecule has 1 heterocycles. The van der Waals surface area contributed by atoms with Gasteiger partial charge in [-0.05, 0) is 81.0 Å². The van der Waals surface area contributed by atoms with Crippen LogP contribution in [0.4, 0.5) is 0 Å². The van der Waals surface area contributed by atoms with E-state index in [1.807, 2.05) is 0 Å². The second-order valence-electron chi connectivity index (χ2n) is 11.6. The van der Waals surface area contributed by atoms with E-state index in [-0.39, 0.29) is 41.2 Å². The van der Waals surface area contributed by atoms with Crippen LogP contribution in [0.2, 0.25) is 0 Å².